The molecule has 32 heavy (non-hydrogen) atoms. The molecule has 2 aliphatic rings. The summed E-state index contributed by atoms with van der Waals surface area (Å²) in [6.07, 6.45) is 10.3. The number of aliphatic imine (C=N–C) groups is 1. The first-order valence-electron chi connectivity index (χ1n) is 11.3. The molecule has 2 amide bonds. The SMILES string of the molecule is CCCNC1NC(=NCCC2=CCN(C)C=C2)NC=C1C(=O)NCCCNC(=O)CNC. The quantitative estimate of drug-likeness (QED) is 0.208. The van der Waals surface area contributed by atoms with Crippen LogP contribution in [0.3, 0.4) is 0 Å². The van der Waals surface area contributed by atoms with Gasteiger partial charge in [0.15, 0.2) is 5.96 Å². The topological polar surface area (TPSA) is 122 Å². The van der Waals surface area contributed by atoms with Crippen molar-refractivity contribution in [2.24, 2.45) is 4.99 Å². The molecule has 0 fully saturated rings. The number of guanidine groups is 1. The Balaban J connectivity index is 1.82. The fourth-order valence-electron chi connectivity index (χ4n) is 3.16. The molecule has 0 bridgehead atoms. The van der Waals surface area contributed by atoms with E-state index < -0.39 is 0 Å². The Bertz CT molecular complexity index is 744. The lowest BCUT2D eigenvalue weighted by Gasteiger charge is -2.28. The molecule has 10 nitrogen and oxygen atoms in total. The Morgan fingerprint density at radius 1 is 1.25 bits per heavy atom. The number of carbonyl (C=O) groups is 2. The van der Waals surface area contributed by atoms with Gasteiger partial charge in [-0.25, -0.2) is 0 Å². The lowest BCUT2D eigenvalue weighted by molar-refractivity contribution is -0.120. The fraction of sp³-hybridized carbons (Fsp3) is 0.591. The van der Waals surface area contributed by atoms with E-state index in [-0.39, 0.29) is 24.5 Å². The van der Waals surface area contributed by atoms with Gasteiger partial charge in [-0.2, -0.15) is 0 Å². The average Bonchev–Trinajstić information content (AvgIpc) is 2.79. The van der Waals surface area contributed by atoms with Crippen molar-refractivity contribution in [2.75, 3.05) is 53.4 Å². The van der Waals surface area contributed by atoms with E-state index in [0.717, 1.165) is 25.9 Å². The van der Waals surface area contributed by atoms with Gasteiger partial charge in [0.2, 0.25) is 5.91 Å². The second kappa shape index (κ2) is 14.3. The number of rotatable bonds is 13. The molecule has 0 aromatic carbocycles. The zero-order valence-electron chi connectivity index (χ0n) is 19.5. The number of hydrogen-bond donors (Lipinski definition) is 6. The number of nitrogens with one attached hydrogen (secondary N) is 6. The summed E-state index contributed by atoms with van der Waals surface area (Å²) in [5.74, 6) is 0.446. The summed E-state index contributed by atoms with van der Waals surface area (Å²) in [5.41, 5.74) is 1.86. The predicted octanol–water partition coefficient (Wildman–Crippen LogP) is -0.638. The van der Waals surface area contributed by atoms with Gasteiger partial charge in [-0.15, -0.1) is 0 Å². The number of nitrogens with zero attached hydrogens (tertiary/aromatic N) is 2. The van der Waals surface area contributed by atoms with E-state index in [1.807, 2.05) is 7.05 Å². The van der Waals surface area contributed by atoms with E-state index in [1.165, 1.54) is 5.57 Å². The first-order valence-corrected chi connectivity index (χ1v) is 11.3. The Kier molecular flexibility index (Phi) is 11.3. The second-order valence-corrected chi connectivity index (χ2v) is 7.78. The number of amides is 2. The van der Waals surface area contributed by atoms with Gasteiger partial charge in [-0.05, 0) is 50.7 Å². The highest BCUT2D eigenvalue weighted by Crippen LogP contribution is 2.10. The van der Waals surface area contributed by atoms with Gasteiger partial charge >= 0.3 is 0 Å². The third-order valence-corrected chi connectivity index (χ3v) is 4.97. The van der Waals surface area contributed by atoms with Crippen molar-refractivity contribution in [3.05, 3.63) is 35.7 Å². The molecular weight excluding hydrogens is 408 g/mol. The molecule has 1 atom stereocenters. The molecule has 0 aromatic rings. The third kappa shape index (κ3) is 9.11. The molecular formula is C22H38N8O2. The number of allylic oxidation sites excluding steroid dienone is 1. The minimum Gasteiger partial charge on any atom is -0.377 e. The number of likely N-dealkylation sites (N-methyl/N-ethyl adjacent to an activating group) is 2. The number of hydrogen-bond acceptors (Lipinski definition) is 6. The fourth-order valence-corrected chi connectivity index (χ4v) is 3.16. The van der Waals surface area contributed by atoms with Crippen LogP contribution in [-0.4, -0.2) is 82.2 Å². The van der Waals surface area contributed by atoms with Gasteiger partial charge in [0, 0.05) is 39.4 Å². The van der Waals surface area contributed by atoms with Crippen LogP contribution in [-0.2, 0) is 9.59 Å². The average molecular weight is 447 g/mol. The lowest BCUT2D eigenvalue weighted by Crippen LogP contribution is -2.56. The number of carbonyl (C=O) groups excluding carboxylic acids is 2. The maximum Gasteiger partial charge on any atom is 0.252 e. The molecule has 6 N–H and O–H groups in total. The van der Waals surface area contributed by atoms with Gasteiger partial charge in [0.1, 0.15) is 6.17 Å². The standard InChI is InChI=1S/C22H38N8O2/c1-4-9-25-20-18(21(32)26-11-5-10-24-19(31)16-23-2)15-28-22(29-20)27-12-6-17-7-13-30(3)14-8-17/h7-8,13,15,20,23,25H,4-6,9-12,14,16H2,1-3H3,(H,24,31)(H,26,32)(H2,27,28,29). The van der Waals surface area contributed by atoms with Gasteiger partial charge in [-0.3, -0.25) is 19.9 Å². The van der Waals surface area contributed by atoms with Crippen LogP contribution in [0.5, 0.6) is 0 Å². The van der Waals surface area contributed by atoms with Crippen LogP contribution >= 0.6 is 0 Å². The van der Waals surface area contributed by atoms with E-state index >= 15 is 0 Å². The zero-order valence-corrected chi connectivity index (χ0v) is 19.5. The van der Waals surface area contributed by atoms with E-state index in [2.05, 4.69) is 67.1 Å². The molecule has 10 heteroatoms. The highest BCUT2D eigenvalue weighted by Gasteiger charge is 2.25. The van der Waals surface area contributed by atoms with Crippen molar-refractivity contribution in [1.29, 1.82) is 0 Å². The van der Waals surface area contributed by atoms with Crippen molar-refractivity contribution in [3.8, 4) is 0 Å². The minimum atomic E-state index is -0.312. The summed E-state index contributed by atoms with van der Waals surface area (Å²) in [5, 5.41) is 18.2. The summed E-state index contributed by atoms with van der Waals surface area (Å²) in [4.78, 5) is 30.8. The zero-order chi connectivity index (χ0) is 23.2. The molecule has 2 aliphatic heterocycles. The van der Waals surface area contributed by atoms with Gasteiger partial charge in [-0.1, -0.05) is 13.0 Å². The molecule has 0 saturated carbocycles. The molecule has 0 radical (unpaired) electrons. The summed E-state index contributed by atoms with van der Waals surface area (Å²) < 4.78 is 0. The Morgan fingerprint density at radius 3 is 2.78 bits per heavy atom. The van der Waals surface area contributed by atoms with Gasteiger partial charge in [0.05, 0.1) is 12.1 Å². The van der Waals surface area contributed by atoms with Crippen LogP contribution in [0.2, 0.25) is 0 Å². The van der Waals surface area contributed by atoms with E-state index in [0.29, 0.717) is 37.6 Å². The highest BCUT2D eigenvalue weighted by atomic mass is 16.2. The predicted molar refractivity (Wildman–Crippen MR) is 128 cm³/mol. The Hall–Kier alpha value is -2.85. The molecule has 0 aromatic heterocycles. The maximum atomic E-state index is 12.7. The van der Waals surface area contributed by atoms with E-state index in [1.54, 1.807) is 13.2 Å². The summed E-state index contributed by atoms with van der Waals surface area (Å²) in [7, 11) is 3.77. The maximum absolute atomic E-state index is 12.7. The molecule has 0 aliphatic carbocycles. The normalized spacial score (nSPS) is 19.0. The van der Waals surface area contributed by atoms with Crippen molar-refractivity contribution in [1.82, 2.24) is 36.8 Å². The summed E-state index contributed by atoms with van der Waals surface area (Å²) >= 11 is 0. The third-order valence-electron chi connectivity index (χ3n) is 4.97. The van der Waals surface area contributed by atoms with Crippen LogP contribution in [0, 0.1) is 0 Å². The monoisotopic (exact) mass is 446 g/mol. The molecule has 2 heterocycles. The second-order valence-electron chi connectivity index (χ2n) is 7.78. The first-order chi connectivity index (χ1) is 15.5. The molecule has 0 spiro atoms. The first kappa shape index (κ1) is 25.4. The van der Waals surface area contributed by atoms with Crippen LogP contribution in [0.15, 0.2) is 40.7 Å². The van der Waals surface area contributed by atoms with Gasteiger partial charge in [0.25, 0.3) is 5.91 Å². The summed E-state index contributed by atoms with van der Waals surface area (Å²) in [6, 6.07) is 0. The molecule has 2 rings (SSSR count). The van der Waals surface area contributed by atoms with Crippen LogP contribution < -0.4 is 31.9 Å². The Morgan fingerprint density at radius 2 is 2.06 bits per heavy atom. The summed E-state index contributed by atoms with van der Waals surface area (Å²) in [6.45, 7) is 5.73. The smallest absolute Gasteiger partial charge is 0.252 e. The van der Waals surface area contributed by atoms with E-state index in [4.69, 9.17) is 0 Å². The lowest BCUT2D eigenvalue weighted by atomic mass is 10.1. The van der Waals surface area contributed by atoms with Crippen molar-refractivity contribution in [2.45, 2.75) is 32.4 Å². The molecule has 178 valence electrons. The van der Waals surface area contributed by atoms with Crippen LogP contribution in [0.25, 0.3) is 0 Å². The largest absolute Gasteiger partial charge is 0.377 e. The highest BCUT2D eigenvalue weighted by molar-refractivity contribution is 5.97. The van der Waals surface area contributed by atoms with Gasteiger partial charge < -0.3 is 31.5 Å². The van der Waals surface area contributed by atoms with Crippen LogP contribution in [0.1, 0.15) is 26.2 Å². The molecule has 0 saturated heterocycles. The minimum absolute atomic E-state index is 0.0546. The Labute approximate surface area is 191 Å². The van der Waals surface area contributed by atoms with Crippen molar-refractivity contribution >= 4 is 17.8 Å². The van der Waals surface area contributed by atoms with E-state index in [9.17, 15) is 9.59 Å². The van der Waals surface area contributed by atoms with Crippen molar-refractivity contribution in [3.63, 3.8) is 0 Å². The van der Waals surface area contributed by atoms with Crippen LogP contribution in [0.4, 0.5) is 0 Å². The molecule has 1 unspecified atom stereocenters. The van der Waals surface area contributed by atoms with Crippen molar-refractivity contribution < 1.29 is 9.59 Å².